The molecule has 1 aliphatic rings. The molecule has 7 nitrogen and oxygen atoms in total. The van der Waals surface area contributed by atoms with Crippen LogP contribution in [-0.2, 0) is 9.53 Å². The van der Waals surface area contributed by atoms with Gasteiger partial charge in [-0.2, -0.15) is 0 Å². The van der Waals surface area contributed by atoms with Crippen LogP contribution in [-0.4, -0.2) is 55.7 Å². The van der Waals surface area contributed by atoms with Crippen molar-refractivity contribution in [3.63, 3.8) is 0 Å². The Hall–Kier alpha value is -2.02. The minimum absolute atomic E-state index is 0.0852. The molecular formula is C20H34N4O3. The Morgan fingerprint density at radius 2 is 2.07 bits per heavy atom. The van der Waals surface area contributed by atoms with Crippen LogP contribution in [0.25, 0.3) is 0 Å². The summed E-state index contributed by atoms with van der Waals surface area (Å²) in [6, 6.07) is 4.10. The van der Waals surface area contributed by atoms with Gasteiger partial charge in [-0.1, -0.05) is 6.42 Å². The highest BCUT2D eigenvalue weighted by atomic mass is 16.5. The number of nitrogens with zero attached hydrogens (tertiary/aromatic N) is 2. The Kier molecular flexibility index (Phi) is 9.18. The summed E-state index contributed by atoms with van der Waals surface area (Å²) in [5, 5.41) is 6.46. The Morgan fingerprint density at radius 3 is 2.70 bits per heavy atom. The van der Waals surface area contributed by atoms with Crippen LogP contribution in [0, 0.1) is 0 Å². The summed E-state index contributed by atoms with van der Waals surface area (Å²) in [6.07, 6.45) is 5.68. The lowest BCUT2D eigenvalue weighted by atomic mass is 10.1. The molecule has 152 valence electrons. The first-order valence-corrected chi connectivity index (χ1v) is 10.1. The lowest BCUT2D eigenvalue weighted by Crippen LogP contribution is -2.40. The first-order chi connectivity index (χ1) is 13.1. The van der Waals surface area contributed by atoms with Gasteiger partial charge >= 0.3 is 5.97 Å². The number of carbonyl (C=O) groups excluding carboxylic acids is 1. The van der Waals surface area contributed by atoms with Crippen LogP contribution < -0.4 is 10.6 Å². The van der Waals surface area contributed by atoms with Crippen molar-refractivity contribution < 1.29 is 13.9 Å². The second kappa shape index (κ2) is 11.6. The number of esters is 1. The van der Waals surface area contributed by atoms with E-state index in [1.807, 2.05) is 32.9 Å². The third-order valence-corrected chi connectivity index (χ3v) is 4.46. The van der Waals surface area contributed by atoms with E-state index >= 15 is 0 Å². The summed E-state index contributed by atoms with van der Waals surface area (Å²) in [5.41, 5.74) is 0. The van der Waals surface area contributed by atoms with Crippen molar-refractivity contribution >= 4 is 11.9 Å². The number of carbonyl (C=O) groups is 1. The summed E-state index contributed by atoms with van der Waals surface area (Å²) < 4.78 is 10.8. The molecule has 27 heavy (non-hydrogen) atoms. The molecule has 2 N–H and O–H groups in total. The van der Waals surface area contributed by atoms with Gasteiger partial charge in [-0.05, 0) is 58.8 Å². The average Bonchev–Trinajstić information content (AvgIpc) is 3.16. The van der Waals surface area contributed by atoms with Crippen molar-refractivity contribution in [3.8, 4) is 0 Å². The summed E-state index contributed by atoms with van der Waals surface area (Å²) in [4.78, 5) is 18.9. The number of rotatable bonds is 9. The minimum atomic E-state index is -0.199. The number of hydrogen-bond acceptors (Lipinski definition) is 5. The molecule has 0 saturated carbocycles. The molecule has 1 aromatic rings. The highest BCUT2D eigenvalue weighted by Crippen LogP contribution is 2.25. The third kappa shape index (κ3) is 7.62. The quantitative estimate of drug-likeness (QED) is 0.391. The van der Waals surface area contributed by atoms with Crippen LogP contribution >= 0.6 is 0 Å². The van der Waals surface area contributed by atoms with Crippen LogP contribution in [0.15, 0.2) is 27.8 Å². The van der Waals surface area contributed by atoms with Crippen molar-refractivity contribution in [3.05, 3.63) is 24.2 Å². The maximum atomic E-state index is 11.7. The zero-order valence-corrected chi connectivity index (χ0v) is 16.9. The first kappa shape index (κ1) is 21.3. The van der Waals surface area contributed by atoms with Gasteiger partial charge in [0.05, 0.1) is 31.4 Å². The summed E-state index contributed by atoms with van der Waals surface area (Å²) >= 11 is 0. The highest BCUT2D eigenvalue weighted by molar-refractivity contribution is 5.80. The van der Waals surface area contributed by atoms with Gasteiger partial charge in [0.1, 0.15) is 5.76 Å². The highest BCUT2D eigenvalue weighted by Gasteiger charge is 2.24. The smallest absolute Gasteiger partial charge is 0.307 e. The first-order valence-electron chi connectivity index (χ1n) is 10.1. The van der Waals surface area contributed by atoms with E-state index in [1.54, 1.807) is 6.26 Å². The van der Waals surface area contributed by atoms with Crippen LogP contribution in [0.3, 0.4) is 0 Å². The van der Waals surface area contributed by atoms with Gasteiger partial charge in [-0.3, -0.25) is 14.7 Å². The van der Waals surface area contributed by atoms with Gasteiger partial charge in [-0.25, -0.2) is 0 Å². The topological polar surface area (TPSA) is 79.1 Å². The Bertz CT molecular complexity index is 566. The number of nitrogens with one attached hydrogen (secondary N) is 2. The molecule has 0 bridgehead atoms. The molecule has 7 heteroatoms. The van der Waals surface area contributed by atoms with E-state index < -0.39 is 0 Å². The molecule has 2 heterocycles. The van der Waals surface area contributed by atoms with E-state index in [0.717, 1.165) is 25.4 Å². The van der Waals surface area contributed by atoms with Crippen molar-refractivity contribution in [1.82, 2.24) is 15.5 Å². The maximum absolute atomic E-state index is 11.7. The number of piperidine rings is 1. The predicted molar refractivity (Wildman–Crippen MR) is 107 cm³/mol. The van der Waals surface area contributed by atoms with Gasteiger partial charge in [0, 0.05) is 13.1 Å². The fourth-order valence-electron chi connectivity index (χ4n) is 3.22. The fraction of sp³-hybridized carbons (Fsp3) is 0.700. The van der Waals surface area contributed by atoms with E-state index in [-0.39, 0.29) is 18.1 Å². The average molecular weight is 379 g/mol. The Morgan fingerprint density at radius 1 is 1.30 bits per heavy atom. The zero-order valence-electron chi connectivity index (χ0n) is 16.9. The van der Waals surface area contributed by atoms with Crippen LogP contribution in [0.1, 0.15) is 58.3 Å². The minimum Gasteiger partial charge on any atom is -0.468 e. The molecule has 0 aliphatic carbocycles. The van der Waals surface area contributed by atoms with E-state index in [0.29, 0.717) is 25.5 Å². The molecular weight excluding hydrogens is 344 g/mol. The SMILES string of the molecule is CCNC(=NCC(c1ccco1)N1CCCCC1)NCCC(=O)OC(C)C. The number of aliphatic imine (C=N–C) groups is 1. The summed E-state index contributed by atoms with van der Waals surface area (Å²) in [5.74, 6) is 1.47. The maximum Gasteiger partial charge on any atom is 0.307 e. The number of ether oxygens (including phenoxy) is 1. The lowest BCUT2D eigenvalue weighted by Gasteiger charge is -2.32. The van der Waals surface area contributed by atoms with Gasteiger partial charge in [-0.15, -0.1) is 0 Å². The molecule has 0 spiro atoms. The predicted octanol–water partition coefficient (Wildman–Crippen LogP) is 2.70. The zero-order chi connectivity index (χ0) is 19.5. The third-order valence-electron chi connectivity index (χ3n) is 4.46. The lowest BCUT2D eigenvalue weighted by molar-refractivity contribution is -0.147. The molecule has 0 amide bonds. The standard InChI is InChI=1S/C20H34N4O3/c1-4-21-20(22-11-10-19(25)27-16(2)3)23-15-17(18-9-8-14-26-18)24-12-6-5-7-13-24/h8-9,14,16-17H,4-7,10-13,15H2,1-3H3,(H2,21,22,23). The van der Waals surface area contributed by atoms with Crippen molar-refractivity contribution in [1.29, 1.82) is 0 Å². The van der Waals surface area contributed by atoms with Gasteiger partial charge in [0.15, 0.2) is 5.96 Å². The van der Waals surface area contributed by atoms with E-state index in [1.165, 1.54) is 19.3 Å². The van der Waals surface area contributed by atoms with Crippen molar-refractivity contribution in [2.24, 2.45) is 4.99 Å². The number of likely N-dealkylation sites (tertiary alicyclic amines) is 1. The summed E-state index contributed by atoms with van der Waals surface area (Å²) in [7, 11) is 0. The molecule has 1 atom stereocenters. The van der Waals surface area contributed by atoms with Crippen LogP contribution in [0.5, 0.6) is 0 Å². The van der Waals surface area contributed by atoms with Gasteiger partial charge in [0.2, 0.25) is 0 Å². The van der Waals surface area contributed by atoms with Gasteiger partial charge < -0.3 is 19.8 Å². The molecule has 1 aliphatic heterocycles. The van der Waals surface area contributed by atoms with Gasteiger partial charge in [0.25, 0.3) is 0 Å². The number of hydrogen-bond donors (Lipinski definition) is 2. The van der Waals surface area contributed by atoms with Crippen LogP contribution in [0.2, 0.25) is 0 Å². The van der Waals surface area contributed by atoms with Crippen molar-refractivity contribution in [2.75, 3.05) is 32.7 Å². The fourth-order valence-corrected chi connectivity index (χ4v) is 3.22. The Balaban J connectivity index is 1.94. The normalized spacial score (nSPS) is 17.0. The second-order valence-corrected chi connectivity index (χ2v) is 7.06. The molecule has 2 rings (SSSR count). The van der Waals surface area contributed by atoms with E-state index in [4.69, 9.17) is 14.1 Å². The summed E-state index contributed by atoms with van der Waals surface area (Å²) in [6.45, 7) is 9.75. The van der Waals surface area contributed by atoms with E-state index in [9.17, 15) is 4.79 Å². The monoisotopic (exact) mass is 378 g/mol. The molecule has 0 aromatic carbocycles. The Labute approximate surface area is 162 Å². The number of guanidine groups is 1. The molecule has 1 saturated heterocycles. The van der Waals surface area contributed by atoms with E-state index in [2.05, 4.69) is 15.5 Å². The largest absolute Gasteiger partial charge is 0.468 e. The molecule has 1 unspecified atom stereocenters. The second-order valence-electron chi connectivity index (χ2n) is 7.06. The molecule has 1 fully saturated rings. The van der Waals surface area contributed by atoms with Crippen LogP contribution in [0.4, 0.5) is 0 Å². The van der Waals surface area contributed by atoms with Crippen molar-refractivity contribution in [2.45, 2.75) is 58.6 Å². The number of furan rings is 1. The molecule has 0 radical (unpaired) electrons. The molecule has 1 aromatic heterocycles.